The summed E-state index contributed by atoms with van der Waals surface area (Å²) in [7, 11) is 0. The van der Waals surface area contributed by atoms with Crippen molar-refractivity contribution in [3.8, 4) is 0 Å². The molecule has 0 aliphatic heterocycles. The molecule has 3 N–H and O–H groups in total. The van der Waals surface area contributed by atoms with Crippen molar-refractivity contribution in [1.82, 2.24) is 5.32 Å². The Hall–Kier alpha value is -0.640. The number of carbonyl (C=O) groups is 1. The van der Waals surface area contributed by atoms with E-state index in [1.54, 1.807) is 0 Å². The lowest BCUT2D eigenvalue weighted by Crippen LogP contribution is -2.52. The van der Waals surface area contributed by atoms with Gasteiger partial charge in [-0.2, -0.15) is 0 Å². The van der Waals surface area contributed by atoms with E-state index in [-0.39, 0.29) is 5.91 Å². The Bertz CT molecular complexity index is 265. The maximum atomic E-state index is 11.7. The molecule has 0 heterocycles. The number of amides is 1. The van der Waals surface area contributed by atoms with Gasteiger partial charge >= 0.3 is 0 Å². The van der Waals surface area contributed by atoms with Crippen molar-refractivity contribution in [3.63, 3.8) is 0 Å². The monoisotopic (exact) mass is 272 g/mol. The molecule has 0 atom stereocenters. The zero-order chi connectivity index (χ0) is 14.0. The van der Waals surface area contributed by atoms with Gasteiger partial charge in [0, 0.05) is 6.42 Å². The van der Waals surface area contributed by atoms with Crippen molar-refractivity contribution in [2.75, 3.05) is 0 Å². The van der Waals surface area contributed by atoms with Crippen LogP contribution in [0.1, 0.15) is 72.1 Å². The van der Waals surface area contributed by atoms with Crippen LogP contribution in [-0.4, -0.2) is 16.4 Å². The van der Waals surface area contributed by atoms with Crippen LogP contribution >= 0.6 is 12.2 Å². The smallest absolute Gasteiger partial charge is 0.220 e. The highest BCUT2D eigenvalue weighted by Crippen LogP contribution is 2.09. The van der Waals surface area contributed by atoms with Gasteiger partial charge in [0.25, 0.3) is 0 Å². The number of rotatable bonds is 10. The molecule has 0 aromatic heterocycles. The molecule has 4 heteroatoms. The van der Waals surface area contributed by atoms with Crippen molar-refractivity contribution in [2.24, 2.45) is 5.73 Å². The quantitative estimate of drug-likeness (QED) is 0.474. The molecular formula is C14H28N2OS. The third kappa shape index (κ3) is 8.45. The first-order valence-corrected chi connectivity index (χ1v) is 7.42. The molecule has 106 valence electrons. The zero-order valence-corrected chi connectivity index (χ0v) is 12.9. The highest BCUT2D eigenvalue weighted by Gasteiger charge is 2.22. The lowest BCUT2D eigenvalue weighted by molar-refractivity contribution is -0.122. The van der Waals surface area contributed by atoms with Crippen molar-refractivity contribution in [2.45, 2.75) is 77.7 Å². The SMILES string of the molecule is CCCCCCCCCC(=O)NC(C)(C)C(N)=S. The number of nitrogens with two attached hydrogens (primary N) is 1. The molecule has 0 saturated heterocycles. The lowest BCUT2D eigenvalue weighted by Gasteiger charge is -2.24. The average Bonchev–Trinajstić information content (AvgIpc) is 2.27. The van der Waals surface area contributed by atoms with E-state index in [0.29, 0.717) is 11.4 Å². The molecule has 0 aliphatic rings. The first-order chi connectivity index (χ1) is 8.40. The number of carbonyl (C=O) groups excluding carboxylic acids is 1. The largest absolute Gasteiger partial charge is 0.391 e. The van der Waals surface area contributed by atoms with Gasteiger partial charge in [0.1, 0.15) is 0 Å². The van der Waals surface area contributed by atoms with E-state index in [1.165, 1.54) is 32.1 Å². The predicted molar refractivity (Wildman–Crippen MR) is 81.6 cm³/mol. The second-order valence-corrected chi connectivity index (χ2v) is 5.85. The van der Waals surface area contributed by atoms with Gasteiger partial charge in [-0.3, -0.25) is 4.79 Å². The molecule has 0 aromatic rings. The molecule has 0 spiro atoms. The molecule has 18 heavy (non-hydrogen) atoms. The normalized spacial score (nSPS) is 11.3. The summed E-state index contributed by atoms with van der Waals surface area (Å²) in [5.41, 5.74) is 4.98. The topological polar surface area (TPSA) is 55.1 Å². The fourth-order valence-corrected chi connectivity index (χ4v) is 1.77. The minimum absolute atomic E-state index is 0.0429. The number of hydrogen-bond acceptors (Lipinski definition) is 2. The summed E-state index contributed by atoms with van der Waals surface area (Å²) in [5, 5.41) is 2.86. The minimum Gasteiger partial charge on any atom is -0.391 e. The van der Waals surface area contributed by atoms with Crippen LogP contribution < -0.4 is 11.1 Å². The first kappa shape index (κ1) is 17.4. The summed E-state index contributed by atoms with van der Waals surface area (Å²) in [5.74, 6) is 0.0429. The van der Waals surface area contributed by atoms with Crippen LogP contribution in [0.4, 0.5) is 0 Å². The Morgan fingerprint density at radius 1 is 1.11 bits per heavy atom. The molecule has 0 aliphatic carbocycles. The van der Waals surface area contributed by atoms with Crippen LogP contribution in [0.5, 0.6) is 0 Å². The molecule has 0 radical (unpaired) electrons. The van der Waals surface area contributed by atoms with Gasteiger partial charge in [0.05, 0.1) is 10.5 Å². The van der Waals surface area contributed by atoms with Gasteiger partial charge in [-0.1, -0.05) is 57.7 Å². The van der Waals surface area contributed by atoms with Crippen LogP contribution in [0, 0.1) is 0 Å². The van der Waals surface area contributed by atoms with Crippen LogP contribution in [0.25, 0.3) is 0 Å². The Morgan fingerprint density at radius 2 is 1.61 bits per heavy atom. The molecule has 3 nitrogen and oxygen atoms in total. The van der Waals surface area contributed by atoms with Gasteiger partial charge in [-0.25, -0.2) is 0 Å². The summed E-state index contributed by atoms with van der Waals surface area (Å²) in [6, 6.07) is 0. The van der Waals surface area contributed by atoms with E-state index in [4.69, 9.17) is 18.0 Å². The summed E-state index contributed by atoms with van der Waals surface area (Å²) in [4.78, 5) is 12.0. The third-order valence-electron chi connectivity index (χ3n) is 3.08. The second-order valence-electron chi connectivity index (χ2n) is 5.41. The molecule has 0 saturated carbocycles. The van der Waals surface area contributed by atoms with Crippen LogP contribution in [-0.2, 0) is 4.79 Å². The molecular weight excluding hydrogens is 244 g/mol. The maximum absolute atomic E-state index is 11.7. The summed E-state index contributed by atoms with van der Waals surface area (Å²) < 4.78 is 0. The Morgan fingerprint density at radius 3 is 2.11 bits per heavy atom. The third-order valence-corrected chi connectivity index (χ3v) is 3.59. The lowest BCUT2D eigenvalue weighted by atomic mass is 10.0. The summed E-state index contributed by atoms with van der Waals surface area (Å²) in [6.45, 7) is 5.88. The number of unbranched alkanes of at least 4 members (excludes halogenated alkanes) is 6. The van der Waals surface area contributed by atoms with Gasteiger partial charge in [0.2, 0.25) is 5.91 Å². The summed E-state index contributed by atoms with van der Waals surface area (Å²) in [6.07, 6.45) is 9.08. The van der Waals surface area contributed by atoms with Gasteiger partial charge < -0.3 is 11.1 Å². The first-order valence-electron chi connectivity index (χ1n) is 7.01. The molecule has 0 fully saturated rings. The highest BCUT2D eigenvalue weighted by molar-refractivity contribution is 7.80. The van der Waals surface area contributed by atoms with E-state index in [9.17, 15) is 4.79 Å². The van der Waals surface area contributed by atoms with Crippen molar-refractivity contribution in [3.05, 3.63) is 0 Å². The Labute approximate surface area is 117 Å². The standard InChI is InChI=1S/C14H28N2OS/c1-4-5-6-7-8-9-10-11-12(17)16-14(2,3)13(15)18/h4-11H2,1-3H3,(H2,15,18)(H,16,17). The predicted octanol–water partition coefficient (Wildman–Crippen LogP) is 3.31. The molecule has 0 rings (SSSR count). The van der Waals surface area contributed by atoms with Crippen LogP contribution in [0.2, 0.25) is 0 Å². The van der Waals surface area contributed by atoms with Crippen LogP contribution in [0.15, 0.2) is 0 Å². The van der Waals surface area contributed by atoms with Crippen molar-refractivity contribution < 1.29 is 4.79 Å². The van der Waals surface area contributed by atoms with E-state index < -0.39 is 5.54 Å². The van der Waals surface area contributed by atoms with E-state index in [0.717, 1.165) is 12.8 Å². The van der Waals surface area contributed by atoms with Gasteiger partial charge in [0.15, 0.2) is 0 Å². The second kappa shape index (κ2) is 9.31. The molecule has 0 unspecified atom stereocenters. The zero-order valence-electron chi connectivity index (χ0n) is 12.1. The Balaban J connectivity index is 3.57. The maximum Gasteiger partial charge on any atom is 0.220 e. The number of hydrogen-bond donors (Lipinski definition) is 2. The van der Waals surface area contributed by atoms with Gasteiger partial charge in [-0.15, -0.1) is 0 Å². The minimum atomic E-state index is -0.576. The number of nitrogens with one attached hydrogen (secondary N) is 1. The van der Waals surface area contributed by atoms with Gasteiger partial charge in [-0.05, 0) is 20.3 Å². The van der Waals surface area contributed by atoms with Crippen molar-refractivity contribution in [1.29, 1.82) is 0 Å². The Kier molecular flexibility index (Phi) is 8.98. The average molecular weight is 272 g/mol. The van der Waals surface area contributed by atoms with Crippen LogP contribution in [0.3, 0.4) is 0 Å². The highest BCUT2D eigenvalue weighted by atomic mass is 32.1. The fourth-order valence-electron chi connectivity index (χ4n) is 1.72. The summed E-state index contributed by atoms with van der Waals surface area (Å²) >= 11 is 4.91. The van der Waals surface area contributed by atoms with E-state index in [1.807, 2.05) is 13.8 Å². The van der Waals surface area contributed by atoms with Crippen molar-refractivity contribution >= 4 is 23.1 Å². The fraction of sp³-hybridized carbons (Fsp3) is 0.857. The van der Waals surface area contributed by atoms with E-state index in [2.05, 4.69) is 12.2 Å². The molecule has 0 bridgehead atoms. The molecule has 0 aromatic carbocycles. The van der Waals surface area contributed by atoms with E-state index >= 15 is 0 Å². The number of thiocarbonyl (C=S) groups is 1. The molecule has 1 amide bonds.